The Kier molecular flexibility index (Phi) is 5.06. The van der Waals surface area contributed by atoms with E-state index >= 15 is 0 Å². The van der Waals surface area contributed by atoms with Crippen LogP contribution in [0.5, 0.6) is 0 Å². The van der Waals surface area contributed by atoms with E-state index in [1.54, 1.807) is 0 Å². The highest BCUT2D eigenvalue weighted by atomic mass is 32.2. The zero-order valence-electron chi connectivity index (χ0n) is 10.7. The van der Waals surface area contributed by atoms with E-state index in [2.05, 4.69) is 10.0 Å². The van der Waals surface area contributed by atoms with Gasteiger partial charge < -0.3 is 16.2 Å². The number of amides is 1. The van der Waals surface area contributed by atoms with Crippen molar-refractivity contribution in [3.8, 4) is 0 Å². The predicted molar refractivity (Wildman–Crippen MR) is 73.8 cm³/mol. The summed E-state index contributed by atoms with van der Waals surface area (Å²) in [6, 6.07) is 4.71. The molecule has 0 heterocycles. The number of carbonyl (C=O) groups excluding carboxylic acids is 1. The smallest absolute Gasteiger partial charge is 0.305 e. The van der Waals surface area contributed by atoms with Crippen LogP contribution in [0.4, 0.5) is 11.4 Å². The van der Waals surface area contributed by atoms with Crippen LogP contribution in [0.2, 0.25) is 0 Å². The van der Waals surface area contributed by atoms with Gasteiger partial charge in [-0.2, -0.15) is 0 Å². The number of nitrogens with one attached hydrogen (secondary N) is 2. The Bertz CT molecular complexity index is 597. The molecule has 8 nitrogen and oxygen atoms in total. The summed E-state index contributed by atoms with van der Waals surface area (Å²) in [5.74, 6) is -1.79. The van der Waals surface area contributed by atoms with Gasteiger partial charge in [0.25, 0.3) is 0 Å². The molecule has 0 aliphatic rings. The van der Waals surface area contributed by atoms with E-state index in [0.29, 0.717) is 11.4 Å². The lowest BCUT2D eigenvalue weighted by atomic mass is 10.2. The van der Waals surface area contributed by atoms with Crippen molar-refractivity contribution >= 4 is 33.3 Å². The van der Waals surface area contributed by atoms with Crippen molar-refractivity contribution in [2.75, 3.05) is 16.3 Å². The highest BCUT2D eigenvalue weighted by Crippen LogP contribution is 2.14. The van der Waals surface area contributed by atoms with Gasteiger partial charge in [0, 0.05) is 11.4 Å². The van der Waals surface area contributed by atoms with Crippen LogP contribution in [0, 0.1) is 0 Å². The second-order valence-electron chi connectivity index (χ2n) is 4.15. The van der Waals surface area contributed by atoms with Crippen LogP contribution in [-0.4, -0.2) is 37.7 Å². The molecule has 5 N–H and O–H groups in total. The Hall–Kier alpha value is -2.13. The number of carboxylic acids is 1. The van der Waals surface area contributed by atoms with E-state index < -0.39 is 34.4 Å². The molecule has 9 heteroatoms. The molecule has 1 aromatic carbocycles. The standard InChI is InChI=1S/C11H15N3O5S/c1-20(18,19)14-8-4-2-7(3-5-8)13-11(17)9(12)6-10(15)16/h2-5,9,14H,6,12H2,1H3,(H,13,17)(H,15,16). The second kappa shape index (κ2) is 6.35. The van der Waals surface area contributed by atoms with Crippen LogP contribution in [0.1, 0.15) is 6.42 Å². The number of sulfonamides is 1. The number of hydrogen-bond donors (Lipinski definition) is 4. The fourth-order valence-corrected chi connectivity index (χ4v) is 1.92. The van der Waals surface area contributed by atoms with Crippen LogP contribution in [0.25, 0.3) is 0 Å². The summed E-state index contributed by atoms with van der Waals surface area (Å²) < 4.78 is 24.3. The summed E-state index contributed by atoms with van der Waals surface area (Å²) in [6.07, 6.45) is 0.549. The van der Waals surface area contributed by atoms with Crippen LogP contribution >= 0.6 is 0 Å². The molecule has 0 aromatic heterocycles. The number of aliphatic carboxylic acids is 1. The fourth-order valence-electron chi connectivity index (χ4n) is 1.35. The van der Waals surface area contributed by atoms with Crippen molar-refractivity contribution in [1.29, 1.82) is 0 Å². The fraction of sp³-hybridized carbons (Fsp3) is 0.273. The van der Waals surface area contributed by atoms with E-state index in [-0.39, 0.29) is 0 Å². The third kappa shape index (κ3) is 5.67. The lowest BCUT2D eigenvalue weighted by Gasteiger charge is -2.11. The minimum atomic E-state index is -3.36. The van der Waals surface area contributed by atoms with E-state index in [0.717, 1.165) is 6.26 Å². The van der Waals surface area contributed by atoms with Gasteiger partial charge in [0.05, 0.1) is 18.7 Å². The summed E-state index contributed by atoms with van der Waals surface area (Å²) in [4.78, 5) is 22.0. The number of carboxylic acid groups (broad SMARTS) is 1. The first-order valence-corrected chi connectivity index (χ1v) is 7.42. The number of benzene rings is 1. The van der Waals surface area contributed by atoms with Gasteiger partial charge in [-0.3, -0.25) is 14.3 Å². The molecule has 110 valence electrons. The molecular weight excluding hydrogens is 286 g/mol. The maximum absolute atomic E-state index is 11.6. The van der Waals surface area contributed by atoms with Crippen LogP contribution in [0.3, 0.4) is 0 Å². The normalized spacial score (nSPS) is 12.5. The first-order chi connectivity index (χ1) is 9.17. The molecule has 1 atom stereocenters. The largest absolute Gasteiger partial charge is 0.481 e. The van der Waals surface area contributed by atoms with Gasteiger partial charge in [0.2, 0.25) is 15.9 Å². The lowest BCUT2D eigenvalue weighted by molar-refractivity contribution is -0.138. The average molecular weight is 301 g/mol. The summed E-state index contributed by atoms with van der Waals surface area (Å²) >= 11 is 0. The highest BCUT2D eigenvalue weighted by Gasteiger charge is 2.16. The van der Waals surface area contributed by atoms with Crippen molar-refractivity contribution in [2.24, 2.45) is 5.73 Å². The lowest BCUT2D eigenvalue weighted by Crippen LogP contribution is -2.37. The summed E-state index contributed by atoms with van der Waals surface area (Å²) in [5, 5.41) is 11.0. The molecular formula is C11H15N3O5S. The van der Waals surface area contributed by atoms with Crippen molar-refractivity contribution < 1.29 is 23.1 Å². The monoisotopic (exact) mass is 301 g/mol. The third-order valence-electron chi connectivity index (χ3n) is 2.19. The van der Waals surface area contributed by atoms with Crippen molar-refractivity contribution in [2.45, 2.75) is 12.5 Å². The number of carbonyl (C=O) groups is 2. The minimum Gasteiger partial charge on any atom is -0.481 e. The van der Waals surface area contributed by atoms with Crippen molar-refractivity contribution in [3.05, 3.63) is 24.3 Å². The average Bonchev–Trinajstić information content (AvgIpc) is 2.28. The van der Waals surface area contributed by atoms with Crippen LogP contribution in [-0.2, 0) is 19.6 Å². The molecule has 1 aromatic rings. The van der Waals surface area contributed by atoms with Gasteiger partial charge in [0.1, 0.15) is 0 Å². The zero-order valence-corrected chi connectivity index (χ0v) is 11.5. The minimum absolute atomic E-state index is 0.348. The molecule has 1 amide bonds. The molecule has 1 unspecified atom stereocenters. The van der Waals surface area contributed by atoms with Crippen molar-refractivity contribution in [1.82, 2.24) is 0 Å². The first-order valence-electron chi connectivity index (χ1n) is 5.53. The molecule has 20 heavy (non-hydrogen) atoms. The molecule has 0 bridgehead atoms. The third-order valence-corrected chi connectivity index (χ3v) is 2.79. The number of rotatable bonds is 6. The van der Waals surface area contributed by atoms with Gasteiger partial charge in [-0.1, -0.05) is 0 Å². The number of nitrogens with two attached hydrogens (primary N) is 1. The van der Waals surface area contributed by atoms with Gasteiger partial charge >= 0.3 is 5.97 Å². The van der Waals surface area contributed by atoms with E-state index in [1.807, 2.05) is 0 Å². The number of hydrogen-bond acceptors (Lipinski definition) is 5. The molecule has 0 saturated heterocycles. The zero-order chi connectivity index (χ0) is 15.3. The Labute approximate surface area is 116 Å². The topological polar surface area (TPSA) is 139 Å². The Morgan fingerprint density at radius 3 is 2.20 bits per heavy atom. The van der Waals surface area contributed by atoms with Gasteiger partial charge in [-0.25, -0.2) is 8.42 Å². The Morgan fingerprint density at radius 1 is 1.25 bits per heavy atom. The maximum atomic E-state index is 11.6. The van der Waals surface area contributed by atoms with Gasteiger partial charge in [-0.15, -0.1) is 0 Å². The molecule has 0 spiro atoms. The predicted octanol–water partition coefficient (Wildman–Crippen LogP) is -0.201. The van der Waals surface area contributed by atoms with E-state index in [4.69, 9.17) is 10.8 Å². The molecule has 0 aliphatic carbocycles. The van der Waals surface area contributed by atoms with Gasteiger partial charge in [-0.05, 0) is 24.3 Å². The van der Waals surface area contributed by atoms with Crippen LogP contribution < -0.4 is 15.8 Å². The van der Waals surface area contributed by atoms with Crippen LogP contribution in [0.15, 0.2) is 24.3 Å². The van der Waals surface area contributed by atoms with Crippen molar-refractivity contribution in [3.63, 3.8) is 0 Å². The highest BCUT2D eigenvalue weighted by molar-refractivity contribution is 7.92. The molecule has 0 aliphatic heterocycles. The molecule has 0 fully saturated rings. The summed E-state index contributed by atoms with van der Waals surface area (Å²) in [5.41, 5.74) is 6.13. The van der Waals surface area contributed by atoms with Gasteiger partial charge in [0.15, 0.2) is 0 Å². The molecule has 1 rings (SSSR count). The quantitative estimate of drug-likeness (QED) is 0.574. The number of anilines is 2. The second-order valence-corrected chi connectivity index (χ2v) is 5.89. The Balaban J connectivity index is 2.66. The Morgan fingerprint density at radius 2 is 1.75 bits per heavy atom. The maximum Gasteiger partial charge on any atom is 0.305 e. The molecule has 0 radical (unpaired) electrons. The summed E-state index contributed by atoms with van der Waals surface area (Å²) in [6.45, 7) is 0. The van der Waals surface area contributed by atoms with E-state index in [9.17, 15) is 18.0 Å². The van der Waals surface area contributed by atoms with E-state index in [1.165, 1.54) is 24.3 Å². The SMILES string of the molecule is CS(=O)(=O)Nc1ccc(NC(=O)C(N)CC(=O)O)cc1. The molecule has 0 saturated carbocycles. The first kappa shape index (κ1) is 15.9. The summed E-state index contributed by atoms with van der Waals surface area (Å²) in [7, 11) is -3.36.